The molecule has 0 unspecified atom stereocenters. The summed E-state index contributed by atoms with van der Waals surface area (Å²) in [5.41, 5.74) is 1.73. The summed E-state index contributed by atoms with van der Waals surface area (Å²) < 4.78 is 0. The summed E-state index contributed by atoms with van der Waals surface area (Å²) in [5, 5.41) is 3.44. The second-order valence-corrected chi connectivity index (χ2v) is 7.02. The lowest BCUT2D eigenvalue weighted by Gasteiger charge is -2.29. The van der Waals surface area contributed by atoms with Crippen LogP contribution in [-0.4, -0.2) is 28.8 Å². The predicted octanol–water partition coefficient (Wildman–Crippen LogP) is 3.82. The molecule has 0 aliphatic rings. The molecule has 5 heteroatoms. The normalized spacial score (nSPS) is 11.9. The quantitative estimate of drug-likeness (QED) is 0.803. The van der Waals surface area contributed by atoms with Crippen LogP contribution in [0.15, 0.2) is 54.6 Å². The zero-order valence-corrected chi connectivity index (χ0v) is 16.2. The molecule has 2 aromatic rings. The third-order valence-corrected chi connectivity index (χ3v) is 4.46. The van der Waals surface area contributed by atoms with Crippen LogP contribution in [0.5, 0.6) is 0 Å². The van der Waals surface area contributed by atoms with Crippen molar-refractivity contribution in [2.24, 2.45) is 0 Å². The predicted molar refractivity (Wildman–Crippen MR) is 105 cm³/mol. The highest BCUT2D eigenvalue weighted by Gasteiger charge is 2.26. The fourth-order valence-corrected chi connectivity index (χ4v) is 2.88. The standard InChI is InChI=1S/C21H25ClN2O2/c1-15(2)23-21(26)16(3)24(14-17-9-5-4-6-10-17)20(25)13-18-11-7-8-12-19(18)22/h4-12,15-16H,13-14H2,1-3H3,(H,23,26)/t16-/m0/s1. The third kappa shape index (κ3) is 5.60. The molecular formula is C21H25ClN2O2. The summed E-state index contributed by atoms with van der Waals surface area (Å²) in [7, 11) is 0. The van der Waals surface area contributed by atoms with E-state index in [1.165, 1.54) is 0 Å². The van der Waals surface area contributed by atoms with Gasteiger partial charge in [-0.1, -0.05) is 60.1 Å². The molecule has 2 aromatic carbocycles. The molecule has 1 N–H and O–H groups in total. The Bertz CT molecular complexity index is 747. The van der Waals surface area contributed by atoms with Gasteiger partial charge in [-0.15, -0.1) is 0 Å². The van der Waals surface area contributed by atoms with Crippen molar-refractivity contribution in [1.29, 1.82) is 0 Å². The van der Waals surface area contributed by atoms with Crippen LogP contribution < -0.4 is 5.32 Å². The fraction of sp³-hybridized carbons (Fsp3) is 0.333. The fourth-order valence-electron chi connectivity index (χ4n) is 2.67. The molecule has 2 amide bonds. The van der Waals surface area contributed by atoms with Crippen molar-refractivity contribution in [3.63, 3.8) is 0 Å². The Balaban J connectivity index is 2.22. The Labute approximate surface area is 160 Å². The summed E-state index contributed by atoms with van der Waals surface area (Å²) in [5.74, 6) is -0.295. The van der Waals surface area contributed by atoms with Gasteiger partial charge in [0.25, 0.3) is 0 Å². The highest BCUT2D eigenvalue weighted by molar-refractivity contribution is 6.31. The van der Waals surface area contributed by atoms with Gasteiger partial charge in [-0.2, -0.15) is 0 Å². The molecule has 0 fully saturated rings. The second-order valence-electron chi connectivity index (χ2n) is 6.61. The Hall–Kier alpha value is -2.33. The van der Waals surface area contributed by atoms with E-state index in [0.29, 0.717) is 11.6 Å². The molecule has 138 valence electrons. The van der Waals surface area contributed by atoms with Crippen LogP contribution in [0, 0.1) is 0 Å². The molecule has 0 saturated carbocycles. The Morgan fingerprint density at radius 2 is 1.62 bits per heavy atom. The van der Waals surface area contributed by atoms with Gasteiger partial charge in [0.1, 0.15) is 6.04 Å². The van der Waals surface area contributed by atoms with Crippen molar-refractivity contribution in [3.8, 4) is 0 Å². The average molecular weight is 373 g/mol. The lowest BCUT2D eigenvalue weighted by Crippen LogP contribution is -2.49. The van der Waals surface area contributed by atoms with E-state index < -0.39 is 6.04 Å². The van der Waals surface area contributed by atoms with Gasteiger partial charge in [0.2, 0.25) is 11.8 Å². The Morgan fingerprint density at radius 3 is 2.23 bits per heavy atom. The van der Waals surface area contributed by atoms with Gasteiger partial charge in [-0.3, -0.25) is 9.59 Å². The van der Waals surface area contributed by atoms with Crippen molar-refractivity contribution in [2.45, 2.75) is 45.8 Å². The molecule has 0 aliphatic carbocycles. The highest BCUT2D eigenvalue weighted by atomic mass is 35.5. The molecule has 0 aromatic heterocycles. The Morgan fingerprint density at radius 1 is 1.00 bits per heavy atom. The molecule has 0 radical (unpaired) electrons. The van der Waals surface area contributed by atoms with Gasteiger partial charge in [-0.25, -0.2) is 0 Å². The molecule has 0 heterocycles. The number of nitrogens with one attached hydrogen (secondary N) is 1. The van der Waals surface area contributed by atoms with E-state index >= 15 is 0 Å². The largest absolute Gasteiger partial charge is 0.352 e. The lowest BCUT2D eigenvalue weighted by atomic mass is 10.1. The minimum Gasteiger partial charge on any atom is -0.352 e. The molecule has 0 bridgehead atoms. The van der Waals surface area contributed by atoms with E-state index in [2.05, 4.69) is 5.32 Å². The number of rotatable bonds is 7. The number of nitrogens with zero attached hydrogens (tertiary/aromatic N) is 1. The molecule has 0 spiro atoms. The van der Waals surface area contributed by atoms with Gasteiger partial charge < -0.3 is 10.2 Å². The summed E-state index contributed by atoms with van der Waals surface area (Å²) >= 11 is 6.19. The third-order valence-electron chi connectivity index (χ3n) is 4.09. The molecular weight excluding hydrogens is 348 g/mol. The van der Waals surface area contributed by atoms with Gasteiger partial charge in [-0.05, 0) is 38.0 Å². The van der Waals surface area contributed by atoms with Gasteiger partial charge in [0.15, 0.2) is 0 Å². The monoisotopic (exact) mass is 372 g/mol. The number of hydrogen-bond donors (Lipinski definition) is 1. The maximum atomic E-state index is 13.0. The SMILES string of the molecule is CC(C)NC(=O)[C@H](C)N(Cc1ccccc1)C(=O)Cc1ccccc1Cl. The van der Waals surface area contributed by atoms with Crippen molar-refractivity contribution >= 4 is 23.4 Å². The topological polar surface area (TPSA) is 49.4 Å². The maximum Gasteiger partial charge on any atom is 0.242 e. The van der Waals surface area contributed by atoms with Crippen LogP contribution in [0.1, 0.15) is 31.9 Å². The molecule has 26 heavy (non-hydrogen) atoms. The van der Waals surface area contributed by atoms with Crippen molar-refractivity contribution < 1.29 is 9.59 Å². The van der Waals surface area contributed by atoms with Crippen molar-refractivity contribution in [3.05, 3.63) is 70.7 Å². The van der Waals surface area contributed by atoms with Crippen LogP contribution in [0.4, 0.5) is 0 Å². The first-order valence-electron chi connectivity index (χ1n) is 8.75. The first kappa shape index (κ1) is 20.0. The van der Waals surface area contributed by atoms with Gasteiger partial charge in [0, 0.05) is 17.6 Å². The first-order valence-corrected chi connectivity index (χ1v) is 9.13. The van der Waals surface area contributed by atoms with E-state index in [1.807, 2.05) is 62.4 Å². The lowest BCUT2D eigenvalue weighted by molar-refractivity contribution is -0.140. The highest BCUT2D eigenvalue weighted by Crippen LogP contribution is 2.18. The van der Waals surface area contributed by atoms with Crippen LogP contribution in [0.3, 0.4) is 0 Å². The number of carbonyl (C=O) groups excluding carboxylic acids is 2. The Kier molecular flexibility index (Phi) is 7.22. The molecule has 1 atom stereocenters. The van der Waals surface area contributed by atoms with Crippen LogP contribution in [0.25, 0.3) is 0 Å². The summed E-state index contributed by atoms with van der Waals surface area (Å²) in [4.78, 5) is 27.1. The van der Waals surface area contributed by atoms with Gasteiger partial charge in [0.05, 0.1) is 6.42 Å². The number of halogens is 1. The average Bonchev–Trinajstić information content (AvgIpc) is 2.61. The van der Waals surface area contributed by atoms with Gasteiger partial charge >= 0.3 is 0 Å². The van der Waals surface area contributed by atoms with E-state index in [1.54, 1.807) is 17.9 Å². The van der Waals surface area contributed by atoms with Crippen molar-refractivity contribution in [2.75, 3.05) is 0 Å². The minimum atomic E-state index is -0.576. The van der Waals surface area contributed by atoms with E-state index in [9.17, 15) is 9.59 Å². The zero-order chi connectivity index (χ0) is 19.1. The molecule has 4 nitrogen and oxygen atoms in total. The maximum absolute atomic E-state index is 13.0. The molecule has 0 saturated heterocycles. The summed E-state index contributed by atoms with van der Waals surface area (Å²) in [6, 6.07) is 16.4. The van der Waals surface area contributed by atoms with Crippen LogP contribution in [0.2, 0.25) is 5.02 Å². The van der Waals surface area contributed by atoms with Crippen LogP contribution in [-0.2, 0) is 22.6 Å². The minimum absolute atomic E-state index is 0.0159. The van der Waals surface area contributed by atoms with Crippen LogP contribution >= 0.6 is 11.6 Å². The number of amides is 2. The van der Waals surface area contributed by atoms with Crippen molar-refractivity contribution in [1.82, 2.24) is 10.2 Å². The number of hydrogen-bond acceptors (Lipinski definition) is 2. The number of carbonyl (C=O) groups is 2. The zero-order valence-electron chi connectivity index (χ0n) is 15.4. The number of benzene rings is 2. The summed E-state index contributed by atoms with van der Waals surface area (Å²) in [6.07, 6.45) is 0.159. The smallest absolute Gasteiger partial charge is 0.242 e. The second kappa shape index (κ2) is 9.39. The molecule has 0 aliphatic heterocycles. The van der Waals surface area contributed by atoms with E-state index in [4.69, 9.17) is 11.6 Å². The van der Waals surface area contributed by atoms with E-state index in [0.717, 1.165) is 11.1 Å². The molecule has 2 rings (SSSR count). The first-order chi connectivity index (χ1) is 12.4. The van der Waals surface area contributed by atoms with E-state index in [-0.39, 0.29) is 24.3 Å². The summed E-state index contributed by atoms with van der Waals surface area (Å²) in [6.45, 7) is 5.93.